The lowest BCUT2D eigenvalue weighted by molar-refractivity contribution is -0.116. The number of halogens is 2. The van der Waals surface area contributed by atoms with Gasteiger partial charge in [-0.15, -0.1) is 0 Å². The lowest BCUT2D eigenvalue weighted by Gasteiger charge is -2.03. The average Bonchev–Trinajstić information content (AvgIpc) is 2.90. The van der Waals surface area contributed by atoms with Gasteiger partial charge >= 0.3 is 0 Å². The minimum absolute atomic E-state index is 0.242. The van der Waals surface area contributed by atoms with Crippen LogP contribution in [0.25, 0.3) is 17.1 Å². The number of hydrogen-bond donors (Lipinski definition) is 1. The van der Waals surface area contributed by atoms with Crippen molar-refractivity contribution >= 4 is 23.0 Å². The highest BCUT2D eigenvalue weighted by atomic mass is 19.1. The van der Waals surface area contributed by atoms with E-state index in [4.69, 9.17) is 0 Å². The van der Waals surface area contributed by atoms with Gasteiger partial charge in [-0.3, -0.25) is 4.79 Å². The Balaban J connectivity index is 1.56. The number of rotatable bonds is 5. The van der Waals surface area contributed by atoms with Crippen LogP contribution >= 0.6 is 0 Å². The molecule has 0 fully saturated rings. The van der Waals surface area contributed by atoms with E-state index in [-0.39, 0.29) is 17.5 Å². The molecule has 0 unspecified atom stereocenters. The van der Waals surface area contributed by atoms with Crippen LogP contribution in [-0.2, 0) is 18.3 Å². The summed E-state index contributed by atoms with van der Waals surface area (Å²) in [6, 6.07) is 10.3. The summed E-state index contributed by atoms with van der Waals surface area (Å²) in [6.07, 6.45) is 3.55. The maximum atomic E-state index is 13.2. The van der Waals surface area contributed by atoms with Gasteiger partial charge < -0.3 is 9.88 Å². The van der Waals surface area contributed by atoms with Gasteiger partial charge in [0, 0.05) is 32.2 Å². The molecule has 4 nitrogen and oxygen atoms in total. The summed E-state index contributed by atoms with van der Waals surface area (Å²) >= 11 is 0. The number of benzene rings is 2. The summed E-state index contributed by atoms with van der Waals surface area (Å²) in [4.78, 5) is 16.2. The number of nitrogens with zero attached hydrogens (tertiary/aromatic N) is 2. The summed E-state index contributed by atoms with van der Waals surface area (Å²) < 4.78 is 27.9. The Morgan fingerprint density at radius 1 is 1.16 bits per heavy atom. The third kappa shape index (κ3) is 4.09. The molecular weight excluding hydrogens is 324 g/mol. The topological polar surface area (TPSA) is 46.9 Å². The second kappa shape index (κ2) is 7.25. The molecule has 0 aliphatic rings. The number of carbonyl (C=O) groups excluding carboxylic acids is 1. The van der Waals surface area contributed by atoms with Crippen molar-refractivity contribution in [2.24, 2.45) is 7.05 Å². The van der Waals surface area contributed by atoms with E-state index in [0.29, 0.717) is 18.5 Å². The van der Waals surface area contributed by atoms with E-state index in [0.717, 1.165) is 16.9 Å². The number of imidazole rings is 1. The van der Waals surface area contributed by atoms with Gasteiger partial charge in [-0.2, -0.15) is 0 Å². The third-order valence-electron chi connectivity index (χ3n) is 3.88. The van der Waals surface area contributed by atoms with Crippen LogP contribution in [0.1, 0.15) is 11.4 Å². The summed E-state index contributed by atoms with van der Waals surface area (Å²) in [5, 5.41) is 2.77. The highest BCUT2D eigenvalue weighted by Gasteiger charge is 2.08. The Morgan fingerprint density at radius 2 is 1.88 bits per heavy atom. The van der Waals surface area contributed by atoms with Gasteiger partial charge in [0.25, 0.3) is 0 Å². The summed E-state index contributed by atoms with van der Waals surface area (Å²) in [7, 11) is 1.86. The molecule has 0 bridgehead atoms. The minimum atomic E-state index is -0.323. The van der Waals surface area contributed by atoms with Crippen LogP contribution in [0.2, 0.25) is 0 Å². The molecule has 3 aromatic rings. The molecule has 1 heterocycles. The van der Waals surface area contributed by atoms with Crippen LogP contribution in [0, 0.1) is 11.6 Å². The summed E-state index contributed by atoms with van der Waals surface area (Å²) in [5.41, 5.74) is 2.19. The van der Waals surface area contributed by atoms with Gasteiger partial charge in [0.05, 0.1) is 11.0 Å². The van der Waals surface area contributed by atoms with Crippen LogP contribution in [0.3, 0.4) is 0 Å². The first-order valence-corrected chi connectivity index (χ1v) is 7.85. The normalized spacial score (nSPS) is 11.3. The van der Waals surface area contributed by atoms with Gasteiger partial charge in [0.1, 0.15) is 17.5 Å². The molecule has 0 radical (unpaired) electrons. The monoisotopic (exact) mass is 341 g/mol. The van der Waals surface area contributed by atoms with Gasteiger partial charge in [-0.05, 0) is 35.9 Å². The number of hydrogen-bond acceptors (Lipinski definition) is 2. The van der Waals surface area contributed by atoms with Crippen LogP contribution in [0.5, 0.6) is 0 Å². The van der Waals surface area contributed by atoms with Gasteiger partial charge in [-0.1, -0.05) is 12.1 Å². The molecule has 0 atom stereocenters. The molecule has 0 aliphatic heterocycles. The molecule has 25 heavy (non-hydrogen) atoms. The molecule has 0 saturated heterocycles. The van der Waals surface area contributed by atoms with E-state index >= 15 is 0 Å². The standard InChI is InChI=1S/C19H17F2N3O/c1-24-17-8-7-15(21)12-16(17)23-18(24)10-11-22-19(25)9-4-13-2-5-14(20)6-3-13/h2-9,12H,10-11H2,1H3,(H,22,25). The molecular formula is C19H17F2N3O. The SMILES string of the molecule is Cn1c(CCNC(=O)C=Cc2ccc(F)cc2)nc2cc(F)ccc21. The van der Waals surface area contributed by atoms with Crippen molar-refractivity contribution in [3.05, 3.63) is 71.6 Å². The van der Waals surface area contributed by atoms with Crippen molar-refractivity contribution in [2.45, 2.75) is 6.42 Å². The zero-order valence-electron chi connectivity index (χ0n) is 13.7. The zero-order valence-corrected chi connectivity index (χ0v) is 13.7. The Kier molecular flexibility index (Phi) is 4.88. The van der Waals surface area contributed by atoms with Crippen LogP contribution in [0.4, 0.5) is 8.78 Å². The number of nitrogens with one attached hydrogen (secondary N) is 1. The lowest BCUT2D eigenvalue weighted by atomic mass is 10.2. The van der Waals surface area contributed by atoms with Gasteiger partial charge in [0.2, 0.25) is 5.91 Å². The average molecular weight is 341 g/mol. The number of fused-ring (bicyclic) bond motifs is 1. The first-order valence-electron chi connectivity index (χ1n) is 7.85. The predicted molar refractivity (Wildman–Crippen MR) is 92.8 cm³/mol. The van der Waals surface area contributed by atoms with Crippen molar-refractivity contribution < 1.29 is 13.6 Å². The Hall–Kier alpha value is -3.02. The number of carbonyl (C=O) groups is 1. The van der Waals surface area contributed by atoms with Crippen molar-refractivity contribution in [3.63, 3.8) is 0 Å². The number of amides is 1. The summed E-state index contributed by atoms with van der Waals surface area (Å²) in [6.45, 7) is 0.409. The second-order valence-corrected chi connectivity index (χ2v) is 5.65. The quantitative estimate of drug-likeness (QED) is 0.724. The van der Waals surface area contributed by atoms with E-state index < -0.39 is 0 Å². The Labute approximate surface area is 143 Å². The minimum Gasteiger partial charge on any atom is -0.352 e. The third-order valence-corrected chi connectivity index (χ3v) is 3.88. The maximum absolute atomic E-state index is 13.2. The van der Waals surface area contributed by atoms with Crippen molar-refractivity contribution in [1.82, 2.24) is 14.9 Å². The number of aromatic nitrogens is 2. The molecule has 2 aromatic carbocycles. The van der Waals surface area contributed by atoms with E-state index in [2.05, 4.69) is 10.3 Å². The van der Waals surface area contributed by atoms with E-state index in [1.165, 1.54) is 30.3 Å². The molecule has 128 valence electrons. The highest BCUT2D eigenvalue weighted by Crippen LogP contribution is 2.16. The predicted octanol–water partition coefficient (Wildman–Crippen LogP) is 3.22. The highest BCUT2D eigenvalue weighted by molar-refractivity contribution is 5.91. The fourth-order valence-corrected chi connectivity index (χ4v) is 2.55. The van der Waals surface area contributed by atoms with Gasteiger partial charge in [0.15, 0.2) is 0 Å². The van der Waals surface area contributed by atoms with Crippen LogP contribution in [0.15, 0.2) is 48.5 Å². The molecule has 6 heteroatoms. The van der Waals surface area contributed by atoms with Crippen LogP contribution in [-0.4, -0.2) is 22.0 Å². The van der Waals surface area contributed by atoms with Gasteiger partial charge in [-0.25, -0.2) is 13.8 Å². The van der Waals surface area contributed by atoms with Crippen LogP contribution < -0.4 is 5.32 Å². The van der Waals surface area contributed by atoms with E-state index in [1.807, 2.05) is 11.6 Å². The van der Waals surface area contributed by atoms with E-state index in [9.17, 15) is 13.6 Å². The first-order chi connectivity index (χ1) is 12.0. The molecule has 1 amide bonds. The zero-order chi connectivity index (χ0) is 17.8. The summed E-state index contributed by atoms with van der Waals surface area (Å²) in [5.74, 6) is -0.113. The number of aryl methyl sites for hydroxylation is 1. The lowest BCUT2D eigenvalue weighted by Crippen LogP contribution is -2.24. The first kappa shape index (κ1) is 16.8. The fraction of sp³-hybridized carbons (Fsp3) is 0.158. The smallest absolute Gasteiger partial charge is 0.244 e. The van der Waals surface area contributed by atoms with Crippen molar-refractivity contribution in [2.75, 3.05) is 6.54 Å². The Bertz CT molecular complexity index is 930. The fourth-order valence-electron chi connectivity index (χ4n) is 2.55. The Morgan fingerprint density at radius 3 is 2.64 bits per heavy atom. The van der Waals surface area contributed by atoms with Crippen molar-refractivity contribution in [3.8, 4) is 0 Å². The molecule has 0 aliphatic carbocycles. The van der Waals surface area contributed by atoms with E-state index in [1.54, 1.807) is 24.3 Å². The molecule has 0 saturated carbocycles. The molecule has 1 aromatic heterocycles. The maximum Gasteiger partial charge on any atom is 0.244 e. The largest absolute Gasteiger partial charge is 0.352 e. The molecule has 0 spiro atoms. The second-order valence-electron chi connectivity index (χ2n) is 5.65. The molecule has 3 rings (SSSR count). The molecule has 1 N–H and O–H groups in total. The van der Waals surface area contributed by atoms with Crippen molar-refractivity contribution in [1.29, 1.82) is 0 Å².